The van der Waals surface area contributed by atoms with Crippen LogP contribution in [-0.2, 0) is 5.41 Å². The van der Waals surface area contributed by atoms with Crippen LogP contribution in [0.5, 0.6) is 5.75 Å². The molecule has 0 bridgehead atoms. The van der Waals surface area contributed by atoms with E-state index < -0.39 is 10.6 Å². The number of para-hydroxylation sites is 1. The molecule has 136 valence electrons. The lowest BCUT2D eigenvalue weighted by atomic mass is 9.76. The number of rotatable bonds is 3. The van der Waals surface area contributed by atoms with Crippen LogP contribution in [0.25, 0.3) is 6.08 Å². The van der Waals surface area contributed by atoms with E-state index in [0.717, 1.165) is 11.3 Å². The molecule has 0 radical (unpaired) electrons. The third-order valence-electron chi connectivity index (χ3n) is 5.57. The summed E-state index contributed by atoms with van der Waals surface area (Å²) in [6, 6.07) is 15.0. The Balaban J connectivity index is 1.85. The quantitative estimate of drug-likeness (QED) is 0.598. The minimum Gasteiger partial charge on any atom is -0.463 e. The van der Waals surface area contributed by atoms with Crippen LogP contribution in [0.1, 0.15) is 31.4 Å². The Morgan fingerprint density at radius 1 is 1.26 bits per heavy atom. The lowest BCUT2D eigenvalue weighted by molar-refractivity contribution is -0.384. The molecule has 0 saturated heterocycles. The molecule has 0 aliphatic carbocycles. The van der Waals surface area contributed by atoms with Crippen LogP contribution in [0.3, 0.4) is 0 Å². The van der Waals surface area contributed by atoms with E-state index >= 15 is 0 Å². The summed E-state index contributed by atoms with van der Waals surface area (Å²) in [5, 5.41) is 20.2. The Morgan fingerprint density at radius 3 is 2.78 bits per heavy atom. The van der Waals surface area contributed by atoms with E-state index in [1.54, 1.807) is 6.07 Å². The summed E-state index contributed by atoms with van der Waals surface area (Å²) in [4.78, 5) is 12.8. The number of anilines is 1. The van der Waals surface area contributed by atoms with E-state index in [-0.39, 0.29) is 11.1 Å². The number of nitrogens with zero attached hydrogens (tertiary/aromatic N) is 3. The molecular formula is C21H19N3O3. The Kier molecular flexibility index (Phi) is 3.70. The molecule has 4 rings (SSSR count). The highest BCUT2D eigenvalue weighted by Crippen LogP contribution is 2.54. The van der Waals surface area contributed by atoms with Gasteiger partial charge in [0.2, 0.25) is 5.72 Å². The predicted molar refractivity (Wildman–Crippen MR) is 103 cm³/mol. The molecule has 0 saturated carbocycles. The summed E-state index contributed by atoms with van der Waals surface area (Å²) in [6.45, 7) is 4.78. The van der Waals surface area contributed by atoms with Gasteiger partial charge < -0.3 is 9.64 Å². The van der Waals surface area contributed by atoms with Crippen molar-refractivity contribution in [2.24, 2.45) is 0 Å². The van der Waals surface area contributed by atoms with Gasteiger partial charge >= 0.3 is 0 Å². The zero-order valence-electron chi connectivity index (χ0n) is 15.2. The molecule has 0 aromatic heterocycles. The molecule has 0 amide bonds. The summed E-state index contributed by atoms with van der Waals surface area (Å²) < 4.78 is 6.53. The zero-order valence-corrected chi connectivity index (χ0v) is 15.2. The van der Waals surface area contributed by atoms with Crippen LogP contribution in [0, 0.1) is 21.4 Å². The summed E-state index contributed by atoms with van der Waals surface area (Å²) >= 11 is 0. The average Bonchev–Trinajstić information content (AvgIpc) is 2.84. The Morgan fingerprint density at radius 2 is 2.04 bits per heavy atom. The molecule has 2 aromatic carbocycles. The highest BCUT2D eigenvalue weighted by Gasteiger charge is 2.58. The molecule has 2 aromatic rings. The molecule has 0 fully saturated rings. The van der Waals surface area contributed by atoms with Crippen LogP contribution in [0.4, 0.5) is 11.4 Å². The molecule has 6 heteroatoms. The third kappa shape index (κ3) is 2.32. The number of hydrogen-bond acceptors (Lipinski definition) is 5. The second kappa shape index (κ2) is 5.85. The van der Waals surface area contributed by atoms with E-state index in [2.05, 4.69) is 30.9 Å². The van der Waals surface area contributed by atoms with Gasteiger partial charge in [0.15, 0.2) is 0 Å². The predicted octanol–water partition coefficient (Wildman–Crippen LogP) is 4.41. The fourth-order valence-corrected chi connectivity index (χ4v) is 4.15. The molecule has 2 aliphatic heterocycles. The summed E-state index contributed by atoms with van der Waals surface area (Å²) in [5.41, 5.74) is 1.74. The van der Waals surface area contributed by atoms with Gasteiger partial charge in [-0.15, -0.1) is 0 Å². The molecule has 0 N–H and O–H groups in total. The highest BCUT2D eigenvalue weighted by atomic mass is 16.6. The van der Waals surface area contributed by atoms with E-state index in [0.29, 0.717) is 24.3 Å². The lowest BCUT2D eigenvalue weighted by Gasteiger charge is -2.47. The van der Waals surface area contributed by atoms with Gasteiger partial charge in [0, 0.05) is 29.9 Å². The number of fused-ring (bicyclic) bond motifs is 2. The standard InChI is InChI=1S/C21H19N3O3/c1-20(2)17-6-3-4-7-18(17)23(13-5-12-22)21(20)11-10-15-14-16(24(25)26)8-9-19(15)27-21/h3-4,6-11,14H,5,13H2,1-2H3. The molecule has 27 heavy (non-hydrogen) atoms. The van der Waals surface area contributed by atoms with E-state index in [1.807, 2.05) is 30.4 Å². The van der Waals surface area contributed by atoms with Crippen molar-refractivity contribution in [3.63, 3.8) is 0 Å². The molecule has 2 heterocycles. The van der Waals surface area contributed by atoms with Crippen molar-refractivity contribution in [2.45, 2.75) is 31.4 Å². The minimum absolute atomic E-state index is 0.0354. The van der Waals surface area contributed by atoms with Gasteiger partial charge in [-0.3, -0.25) is 10.1 Å². The average molecular weight is 361 g/mol. The monoisotopic (exact) mass is 361 g/mol. The first-order valence-corrected chi connectivity index (χ1v) is 8.81. The highest BCUT2D eigenvalue weighted by molar-refractivity contribution is 5.73. The van der Waals surface area contributed by atoms with Crippen molar-refractivity contribution in [3.05, 3.63) is 69.8 Å². The smallest absolute Gasteiger partial charge is 0.270 e. The van der Waals surface area contributed by atoms with Gasteiger partial charge in [-0.2, -0.15) is 5.26 Å². The van der Waals surface area contributed by atoms with Gasteiger partial charge in [0.1, 0.15) is 5.75 Å². The van der Waals surface area contributed by atoms with E-state index in [1.165, 1.54) is 12.1 Å². The van der Waals surface area contributed by atoms with Gasteiger partial charge in [-0.05, 0) is 43.7 Å². The Labute approximate surface area is 157 Å². The van der Waals surface area contributed by atoms with Crippen LogP contribution >= 0.6 is 0 Å². The van der Waals surface area contributed by atoms with E-state index in [9.17, 15) is 10.1 Å². The first kappa shape index (κ1) is 17.1. The second-order valence-corrected chi connectivity index (χ2v) is 7.31. The first-order chi connectivity index (χ1) is 12.9. The van der Waals surface area contributed by atoms with Crippen molar-refractivity contribution in [1.29, 1.82) is 5.26 Å². The zero-order chi connectivity index (χ0) is 19.2. The molecule has 6 nitrogen and oxygen atoms in total. The van der Waals surface area contributed by atoms with Gasteiger partial charge in [0.05, 0.1) is 22.8 Å². The van der Waals surface area contributed by atoms with Crippen molar-refractivity contribution < 1.29 is 9.66 Å². The normalized spacial score (nSPS) is 21.3. The van der Waals surface area contributed by atoms with Crippen molar-refractivity contribution in [2.75, 3.05) is 11.4 Å². The third-order valence-corrected chi connectivity index (χ3v) is 5.57. The van der Waals surface area contributed by atoms with Gasteiger partial charge in [-0.1, -0.05) is 18.2 Å². The number of ether oxygens (including phenoxy) is 1. The number of hydrogen-bond donors (Lipinski definition) is 0. The van der Waals surface area contributed by atoms with Crippen LogP contribution in [-0.4, -0.2) is 17.2 Å². The number of nitro benzene ring substituents is 1. The molecular weight excluding hydrogens is 342 g/mol. The first-order valence-electron chi connectivity index (χ1n) is 8.81. The molecule has 2 aliphatic rings. The molecule has 1 spiro atoms. The molecule has 1 unspecified atom stereocenters. The molecule has 1 atom stereocenters. The number of benzene rings is 2. The van der Waals surface area contributed by atoms with Crippen LogP contribution in [0.15, 0.2) is 48.5 Å². The fourth-order valence-electron chi connectivity index (χ4n) is 4.15. The lowest BCUT2D eigenvalue weighted by Crippen LogP contribution is -2.59. The summed E-state index contributed by atoms with van der Waals surface area (Å²) in [6.07, 6.45) is 4.23. The largest absolute Gasteiger partial charge is 0.463 e. The van der Waals surface area contributed by atoms with Crippen LogP contribution < -0.4 is 9.64 Å². The minimum atomic E-state index is -0.795. The van der Waals surface area contributed by atoms with Gasteiger partial charge in [0.25, 0.3) is 5.69 Å². The number of non-ortho nitro benzene ring substituents is 1. The van der Waals surface area contributed by atoms with Crippen molar-refractivity contribution >= 4 is 17.5 Å². The topological polar surface area (TPSA) is 79.4 Å². The number of nitro groups is 1. The summed E-state index contributed by atoms with van der Waals surface area (Å²) in [7, 11) is 0. The summed E-state index contributed by atoms with van der Waals surface area (Å²) in [5.74, 6) is 0.603. The van der Waals surface area contributed by atoms with Gasteiger partial charge in [-0.25, -0.2) is 0 Å². The maximum atomic E-state index is 11.1. The maximum Gasteiger partial charge on any atom is 0.270 e. The fraction of sp³-hybridized carbons (Fsp3) is 0.286. The SMILES string of the molecule is CC1(C)c2ccccc2N(CCC#N)C12C=Cc1cc([N+](=O)[O-])ccc1O2. The van der Waals surface area contributed by atoms with Crippen molar-refractivity contribution in [1.82, 2.24) is 0 Å². The van der Waals surface area contributed by atoms with E-state index in [4.69, 9.17) is 10.00 Å². The second-order valence-electron chi connectivity index (χ2n) is 7.31. The van der Waals surface area contributed by atoms with Crippen molar-refractivity contribution in [3.8, 4) is 11.8 Å². The van der Waals surface area contributed by atoms with Crippen LogP contribution in [0.2, 0.25) is 0 Å². The maximum absolute atomic E-state index is 11.1. The number of nitriles is 1. The Bertz CT molecular complexity index is 1010. The Hall–Kier alpha value is -3.33.